The van der Waals surface area contributed by atoms with E-state index < -0.39 is 17.9 Å². The molecule has 2 aromatic rings. The predicted octanol–water partition coefficient (Wildman–Crippen LogP) is 2.68. The number of rotatable bonds is 7. The van der Waals surface area contributed by atoms with E-state index in [0.717, 1.165) is 34.8 Å². The Kier molecular flexibility index (Phi) is 8.52. The van der Waals surface area contributed by atoms with E-state index in [2.05, 4.69) is 10.2 Å². The zero-order valence-corrected chi connectivity index (χ0v) is 20.8. The molecule has 2 aromatic carbocycles. The summed E-state index contributed by atoms with van der Waals surface area (Å²) in [5.41, 5.74) is 3.00. The molecule has 1 aliphatic heterocycles. The average molecular weight is 562 g/mol. The van der Waals surface area contributed by atoms with Gasteiger partial charge in [0.1, 0.15) is 11.8 Å². The number of carbonyl (C=O) groups excluding carboxylic acids is 2. The van der Waals surface area contributed by atoms with Gasteiger partial charge in [-0.05, 0) is 70.5 Å². The van der Waals surface area contributed by atoms with Crippen LogP contribution in [0.5, 0.6) is 5.75 Å². The third-order valence-electron chi connectivity index (χ3n) is 5.61. The number of aromatic hydroxyl groups is 1. The summed E-state index contributed by atoms with van der Waals surface area (Å²) in [5, 5.41) is 22.2. The minimum Gasteiger partial charge on any atom is -0.507 e. The molecule has 3 rings (SSSR count). The molecule has 1 saturated heterocycles. The fourth-order valence-corrected chi connectivity index (χ4v) is 4.46. The maximum absolute atomic E-state index is 13.0. The van der Waals surface area contributed by atoms with Gasteiger partial charge in [-0.15, -0.1) is 0 Å². The van der Waals surface area contributed by atoms with Crippen molar-refractivity contribution in [2.45, 2.75) is 25.8 Å². The topological polar surface area (TPSA) is 106 Å². The number of nitriles is 1. The zero-order chi connectivity index (χ0) is 24.0. The number of nitrogens with zero attached hydrogens (tertiary/aromatic N) is 3. The minimum absolute atomic E-state index is 0.200. The molecule has 0 bridgehead atoms. The van der Waals surface area contributed by atoms with Gasteiger partial charge in [0.2, 0.25) is 0 Å². The van der Waals surface area contributed by atoms with Crippen LogP contribution < -0.4 is 10.2 Å². The van der Waals surface area contributed by atoms with Crippen LogP contribution in [0.2, 0.25) is 0 Å². The number of aryl methyl sites for hydroxylation is 1. The second-order valence-electron chi connectivity index (χ2n) is 7.81. The highest BCUT2D eigenvalue weighted by Gasteiger charge is 2.26. The maximum atomic E-state index is 13.0. The van der Waals surface area contributed by atoms with Crippen molar-refractivity contribution in [3.8, 4) is 11.9 Å². The minimum atomic E-state index is -0.925. The smallest absolute Gasteiger partial charge is 0.258 e. The van der Waals surface area contributed by atoms with Crippen LogP contribution in [0.3, 0.4) is 0 Å². The first-order valence-corrected chi connectivity index (χ1v) is 11.8. The average Bonchev–Trinajstić information content (AvgIpc) is 2.85. The molecule has 33 heavy (non-hydrogen) atoms. The number of likely N-dealkylation sites (N-methyl/N-ethyl adjacent to an activating group) is 1. The van der Waals surface area contributed by atoms with Crippen molar-refractivity contribution in [3.05, 3.63) is 56.7 Å². The number of anilines is 1. The molecule has 174 valence electrons. The molecule has 2 amide bonds. The van der Waals surface area contributed by atoms with Crippen molar-refractivity contribution in [3.63, 3.8) is 0 Å². The molecule has 0 aromatic heterocycles. The third-order valence-corrected chi connectivity index (χ3v) is 6.43. The lowest BCUT2D eigenvalue weighted by atomic mass is 10.0. The molecule has 1 heterocycles. The van der Waals surface area contributed by atoms with Gasteiger partial charge in [0.05, 0.1) is 16.8 Å². The molecule has 8 nitrogen and oxygen atoms in total. The quantitative estimate of drug-likeness (QED) is 0.306. The van der Waals surface area contributed by atoms with Crippen LogP contribution in [-0.4, -0.2) is 61.2 Å². The number of halogens is 1. The number of phenolic OH excluding ortho intramolecular Hbond substituents is 1. The van der Waals surface area contributed by atoms with E-state index in [1.54, 1.807) is 24.4 Å². The number of carbonyl (C=O) groups is 2. The molecule has 0 saturated carbocycles. The molecule has 1 fully saturated rings. The Morgan fingerprint density at radius 1 is 1.27 bits per heavy atom. The van der Waals surface area contributed by atoms with Gasteiger partial charge in [0.15, 0.2) is 6.19 Å². The monoisotopic (exact) mass is 562 g/mol. The van der Waals surface area contributed by atoms with Crippen molar-refractivity contribution in [2.24, 2.45) is 0 Å². The maximum Gasteiger partial charge on any atom is 0.258 e. The highest BCUT2D eigenvalue weighted by Crippen LogP contribution is 2.27. The summed E-state index contributed by atoms with van der Waals surface area (Å²) in [4.78, 5) is 28.9. The largest absolute Gasteiger partial charge is 0.507 e. The van der Waals surface area contributed by atoms with Gasteiger partial charge in [-0.3, -0.25) is 14.5 Å². The van der Waals surface area contributed by atoms with Crippen LogP contribution in [0.4, 0.5) is 5.69 Å². The van der Waals surface area contributed by atoms with E-state index in [-0.39, 0.29) is 12.2 Å². The van der Waals surface area contributed by atoms with E-state index in [9.17, 15) is 20.0 Å². The van der Waals surface area contributed by atoms with Gasteiger partial charge < -0.3 is 20.1 Å². The molecular weight excluding hydrogens is 535 g/mol. The van der Waals surface area contributed by atoms with Gasteiger partial charge in [-0.1, -0.05) is 13.0 Å². The van der Waals surface area contributed by atoms with Crippen molar-refractivity contribution >= 4 is 40.1 Å². The number of ether oxygens (including phenoxy) is 1. The highest BCUT2D eigenvalue weighted by molar-refractivity contribution is 14.1. The lowest BCUT2D eigenvalue weighted by molar-refractivity contribution is -0.129. The fourth-order valence-electron chi connectivity index (χ4n) is 3.71. The van der Waals surface area contributed by atoms with Crippen LogP contribution in [0.1, 0.15) is 28.4 Å². The standard InChI is InChI=1S/C24H27IN4O4/c1-3-17-12-16(13-20(25)22(17)30)14-21(24(32)28(2)15-26)27-23(31)18-4-6-19(7-5-18)29-8-10-33-11-9-29/h4-7,12-13,21,30H,3,8-11,14H2,1-2H3,(H,27,31)/t21-/m0/s1. The molecule has 2 N–H and O–H groups in total. The second-order valence-corrected chi connectivity index (χ2v) is 8.97. The number of morpholine rings is 1. The van der Waals surface area contributed by atoms with Gasteiger partial charge in [0.25, 0.3) is 11.8 Å². The molecule has 1 atom stereocenters. The second kappa shape index (κ2) is 11.3. The van der Waals surface area contributed by atoms with Crippen molar-refractivity contribution in [1.82, 2.24) is 10.2 Å². The van der Waals surface area contributed by atoms with Crippen LogP contribution in [0.15, 0.2) is 36.4 Å². The van der Waals surface area contributed by atoms with Gasteiger partial charge in [-0.2, -0.15) is 5.26 Å². The van der Waals surface area contributed by atoms with Crippen molar-refractivity contribution < 1.29 is 19.4 Å². The highest BCUT2D eigenvalue weighted by atomic mass is 127. The molecule has 0 spiro atoms. The van der Waals surface area contributed by atoms with Gasteiger partial charge in [-0.25, -0.2) is 0 Å². The fraction of sp³-hybridized carbons (Fsp3) is 0.375. The Bertz CT molecular complexity index is 1050. The number of benzene rings is 2. The Morgan fingerprint density at radius 2 is 1.94 bits per heavy atom. The molecular formula is C24H27IN4O4. The summed E-state index contributed by atoms with van der Waals surface area (Å²) in [7, 11) is 1.37. The first kappa shape index (κ1) is 24.8. The van der Waals surface area contributed by atoms with E-state index in [0.29, 0.717) is 28.8 Å². The summed E-state index contributed by atoms with van der Waals surface area (Å²) in [6.07, 6.45) is 2.64. The normalized spacial score (nSPS) is 14.3. The number of hydrogen-bond acceptors (Lipinski definition) is 6. The van der Waals surface area contributed by atoms with Crippen LogP contribution >= 0.6 is 22.6 Å². The third kappa shape index (κ3) is 6.15. The Balaban J connectivity index is 1.79. The first-order chi connectivity index (χ1) is 15.8. The molecule has 0 aliphatic carbocycles. The summed E-state index contributed by atoms with van der Waals surface area (Å²) in [6, 6.07) is 9.91. The summed E-state index contributed by atoms with van der Waals surface area (Å²) >= 11 is 2.04. The Hall–Kier alpha value is -2.84. The van der Waals surface area contributed by atoms with Crippen molar-refractivity contribution in [1.29, 1.82) is 5.26 Å². The number of phenols is 1. The predicted molar refractivity (Wildman–Crippen MR) is 133 cm³/mol. The first-order valence-electron chi connectivity index (χ1n) is 10.7. The summed E-state index contributed by atoms with van der Waals surface area (Å²) in [5.74, 6) is -0.669. The Morgan fingerprint density at radius 3 is 2.55 bits per heavy atom. The number of amides is 2. The van der Waals surface area contributed by atoms with Crippen molar-refractivity contribution in [2.75, 3.05) is 38.3 Å². The molecule has 1 aliphatic rings. The zero-order valence-electron chi connectivity index (χ0n) is 18.7. The van der Waals surface area contributed by atoms with E-state index in [1.165, 1.54) is 7.05 Å². The van der Waals surface area contributed by atoms with Crippen LogP contribution in [0.25, 0.3) is 0 Å². The van der Waals surface area contributed by atoms with Gasteiger partial charge in [0, 0.05) is 37.8 Å². The molecule has 0 radical (unpaired) electrons. The number of hydrogen-bond donors (Lipinski definition) is 2. The number of nitrogens with one attached hydrogen (secondary N) is 1. The lowest BCUT2D eigenvalue weighted by Gasteiger charge is -2.29. The van der Waals surface area contributed by atoms with E-state index in [4.69, 9.17) is 4.74 Å². The lowest BCUT2D eigenvalue weighted by Crippen LogP contribution is -2.47. The van der Waals surface area contributed by atoms with Crippen LogP contribution in [-0.2, 0) is 22.4 Å². The summed E-state index contributed by atoms with van der Waals surface area (Å²) in [6.45, 7) is 4.88. The van der Waals surface area contributed by atoms with E-state index in [1.807, 2.05) is 47.7 Å². The van der Waals surface area contributed by atoms with Gasteiger partial charge >= 0.3 is 0 Å². The Labute approximate surface area is 207 Å². The molecule has 0 unspecified atom stereocenters. The van der Waals surface area contributed by atoms with E-state index >= 15 is 0 Å². The summed E-state index contributed by atoms with van der Waals surface area (Å²) < 4.78 is 6.05. The SMILES string of the molecule is CCc1cc(C[C@H](NC(=O)c2ccc(N3CCOCC3)cc2)C(=O)N(C)C#N)cc(I)c1O. The molecule has 9 heteroatoms. The van der Waals surface area contributed by atoms with Crippen LogP contribution in [0, 0.1) is 15.0 Å².